The molecule has 8 heteroatoms. The first-order chi connectivity index (χ1) is 12.4. The Kier molecular flexibility index (Phi) is 5.29. The van der Waals surface area contributed by atoms with Gasteiger partial charge in [-0.05, 0) is 25.0 Å². The van der Waals surface area contributed by atoms with E-state index in [1.54, 1.807) is 12.1 Å². The van der Waals surface area contributed by atoms with Crippen LogP contribution in [-0.2, 0) is 14.3 Å². The lowest BCUT2D eigenvalue weighted by Crippen LogP contribution is -2.55. The van der Waals surface area contributed by atoms with Crippen LogP contribution in [-0.4, -0.2) is 37.7 Å². The topological polar surface area (TPSA) is 94.8 Å². The molecule has 0 aliphatic carbocycles. The molecule has 26 heavy (non-hydrogen) atoms. The molecular weight excluding hydrogens is 362 g/mol. The number of fused-ring (bicyclic) bond motifs is 1. The molecule has 1 aromatic heterocycles. The zero-order chi connectivity index (χ0) is 18.7. The molecule has 1 aliphatic heterocycles. The van der Waals surface area contributed by atoms with Crippen molar-refractivity contribution in [3.05, 3.63) is 45.3 Å². The molecular formula is C18H18ClNO6. The standard InChI is InChI=1S/C18H18ClNO6/c1-24-16(22)9-18(5-2-6-25-10-18)20-17(23)15-8-13(21)12-4-3-11(19)7-14(12)26-15/h3-4,7-8H,2,5-6,9-10H2,1H3,(H,20,23). The number of hydrogen-bond donors (Lipinski definition) is 1. The van der Waals surface area contributed by atoms with Crippen molar-refractivity contribution in [2.45, 2.75) is 24.8 Å². The summed E-state index contributed by atoms with van der Waals surface area (Å²) in [5.74, 6) is -1.21. The van der Waals surface area contributed by atoms with Crippen LogP contribution in [0.25, 0.3) is 11.0 Å². The number of carbonyl (C=O) groups is 2. The van der Waals surface area contributed by atoms with Crippen LogP contribution in [0.15, 0.2) is 33.5 Å². The Hall–Kier alpha value is -2.38. The summed E-state index contributed by atoms with van der Waals surface area (Å²) in [5, 5.41) is 3.51. The van der Waals surface area contributed by atoms with Crippen molar-refractivity contribution in [3.63, 3.8) is 0 Å². The molecule has 2 aromatic rings. The number of rotatable bonds is 4. The predicted molar refractivity (Wildman–Crippen MR) is 94.4 cm³/mol. The van der Waals surface area contributed by atoms with Gasteiger partial charge >= 0.3 is 5.97 Å². The number of esters is 1. The highest BCUT2D eigenvalue weighted by molar-refractivity contribution is 6.31. The second kappa shape index (κ2) is 7.47. The third-order valence-corrected chi connectivity index (χ3v) is 4.56. The molecule has 1 aromatic carbocycles. The normalized spacial score (nSPS) is 19.9. The summed E-state index contributed by atoms with van der Waals surface area (Å²) < 4.78 is 15.7. The van der Waals surface area contributed by atoms with Crippen molar-refractivity contribution in [2.75, 3.05) is 20.3 Å². The Morgan fingerprint density at radius 2 is 2.15 bits per heavy atom. The average Bonchev–Trinajstić information content (AvgIpc) is 2.61. The summed E-state index contributed by atoms with van der Waals surface area (Å²) in [6, 6.07) is 5.72. The first-order valence-electron chi connectivity index (χ1n) is 8.13. The molecule has 0 saturated carbocycles. The van der Waals surface area contributed by atoms with E-state index in [0.29, 0.717) is 29.9 Å². The van der Waals surface area contributed by atoms with Crippen LogP contribution in [0.4, 0.5) is 0 Å². The van der Waals surface area contributed by atoms with Gasteiger partial charge in [-0.1, -0.05) is 11.6 Å². The van der Waals surface area contributed by atoms with Crippen LogP contribution in [0.5, 0.6) is 0 Å². The van der Waals surface area contributed by atoms with Crippen molar-refractivity contribution in [3.8, 4) is 0 Å². The van der Waals surface area contributed by atoms with Crippen molar-refractivity contribution in [2.24, 2.45) is 0 Å². The quantitative estimate of drug-likeness (QED) is 0.819. The van der Waals surface area contributed by atoms with E-state index in [1.807, 2.05) is 0 Å². The van der Waals surface area contributed by atoms with Crippen LogP contribution < -0.4 is 10.7 Å². The summed E-state index contributed by atoms with van der Waals surface area (Å²) >= 11 is 5.92. The van der Waals surface area contributed by atoms with Gasteiger partial charge in [0, 0.05) is 23.8 Å². The summed E-state index contributed by atoms with van der Waals surface area (Å²) in [7, 11) is 1.29. The lowest BCUT2D eigenvalue weighted by Gasteiger charge is -2.36. The minimum absolute atomic E-state index is 0.0289. The number of hydrogen-bond acceptors (Lipinski definition) is 6. The van der Waals surface area contributed by atoms with Crippen molar-refractivity contribution in [1.29, 1.82) is 0 Å². The van der Waals surface area contributed by atoms with Gasteiger partial charge in [0.1, 0.15) is 5.58 Å². The van der Waals surface area contributed by atoms with Gasteiger partial charge in [-0.25, -0.2) is 0 Å². The molecule has 0 bridgehead atoms. The fourth-order valence-corrected chi connectivity index (χ4v) is 3.19. The van der Waals surface area contributed by atoms with Crippen molar-refractivity contribution in [1.82, 2.24) is 5.32 Å². The fourth-order valence-electron chi connectivity index (χ4n) is 3.03. The minimum Gasteiger partial charge on any atom is -0.469 e. The van der Waals surface area contributed by atoms with Gasteiger partial charge in [0.05, 0.1) is 31.1 Å². The first-order valence-corrected chi connectivity index (χ1v) is 8.51. The number of carbonyl (C=O) groups excluding carboxylic acids is 2. The molecule has 1 N–H and O–H groups in total. The zero-order valence-corrected chi connectivity index (χ0v) is 14.9. The molecule has 1 unspecified atom stereocenters. The number of halogens is 1. The summed E-state index contributed by atoms with van der Waals surface area (Å²) in [6.45, 7) is 0.736. The second-order valence-electron chi connectivity index (χ2n) is 6.26. The Labute approximate surface area is 154 Å². The van der Waals surface area contributed by atoms with Crippen LogP contribution in [0.2, 0.25) is 5.02 Å². The Bertz CT molecular complexity index is 900. The minimum atomic E-state index is -0.899. The van der Waals surface area contributed by atoms with E-state index in [-0.39, 0.29) is 29.8 Å². The number of nitrogens with one attached hydrogen (secondary N) is 1. The molecule has 1 amide bonds. The van der Waals surface area contributed by atoms with E-state index in [9.17, 15) is 14.4 Å². The van der Waals surface area contributed by atoms with Crippen LogP contribution in [0.3, 0.4) is 0 Å². The molecule has 2 heterocycles. The number of amides is 1. The average molecular weight is 380 g/mol. The van der Waals surface area contributed by atoms with Gasteiger partial charge in [0.15, 0.2) is 11.2 Å². The summed E-state index contributed by atoms with van der Waals surface area (Å²) in [5.41, 5.74) is -1.03. The van der Waals surface area contributed by atoms with Crippen LogP contribution >= 0.6 is 11.6 Å². The highest BCUT2D eigenvalue weighted by Gasteiger charge is 2.38. The highest BCUT2D eigenvalue weighted by Crippen LogP contribution is 2.25. The van der Waals surface area contributed by atoms with E-state index < -0.39 is 17.4 Å². The smallest absolute Gasteiger partial charge is 0.307 e. The lowest BCUT2D eigenvalue weighted by atomic mass is 9.88. The van der Waals surface area contributed by atoms with Gasteiger partial charge in [0.25, 0.3) is 5.91 Å². The monoisotopic (exact) mass is 379 g/mol. The summed E-state index contributed by atoms with van der Waals surface area (Å²) in [6.07, 6.45) is 1.21. The van der Waals surface area contributed by atoms with E-state index in [1.165, 1.54) is 13.2 Å². The molecule has 1 saturated heterocycles. The lowest BCUT2D eigenvalue weighted by molar-refractivity contribution is -0.143. The maximum absolute atomic E-state index is 12.7. The van der Waals surface area contributed by atoms with Gasteiger partial charge < -0.3 is 19.2 Å². The largest absolute Gasteiger partial charge is 0.469 e. The van der Waals surface area contributed by atoms with Crippen molar-refractivity contribution >= 4 is 34.4 Å². The van der Waals surface area contributed by atoms with E-state index in [4.69, 9.17) is 25.5 Å². The summed E-state index contributed by atoms with van der Waals surface area (Å²) in [4.78, 5) is 36.7. The Morgan fingerprint density at radius 3 is 2.85 bits per heavy atom. The molecule has 0 radical (unpaired) electrons. The predicted octanol–water partition coefficient (Wildman–Crippen LogP) is 2.29. The zero-order valence-electron chi connectivity index (χ0n) is 14.2. The SMILES string of the molecule is COC(=O)CC1(NC(=O)c2cc(=O)c3ccc(Cl)cc3o2)CCCOC1. The van der Waals surface area contributed by atoms with Crippen molar-refractivity contribution < 1.29 is 23.5 Å². The van der Waals surface area contributed by atoms with Crippen LogP contribution in [0, 0.1) is 0 Å². The molecule has 138 valence electrons. The maximum atomic E-state index is 12.7. The molecule has 0 spiro atoms. The number of methoxy groups -OCH3 is 1. The van der Waals surface area contributed by atoms with E-state index >= 15 is 0 Å². The first kappa shape index (κ1) is 18.4. The number of ether oxygens (including phenoxy) is 2. The second-order valence-corrected chi connectivity index (χ2v) is 6.70. The van der Waals surface area contributed by atoms with E-state index in [2.05, 4.69) is 5.32 Å². The van der Waals surface area contributed by atoms with E-state index in [0.717, 1.165) is 6.07 Å². The third kappa shape index (κ3) is 3.89. The van der Waals surface area contributed by atoms with Gasteiger partial charge in [-0.2, -0.15) is 0 Å². The molecule has 3 rings (SSSR count). The highest BCUT2D eigenvalue weighted by atomic mass is 35.5. The maximum Gasteiger partial charge on any atom is 0.307 e. The van der Waals surface area contributed by atoms with Gasteiger partial charge in [0.2, 0.25) is 0 Å². The Morgan fingerprint density at radius 1 is 1.35 bits per heavy atom. The molecule has 7 nitrogen and oxygen atoms in total. The van der Waals surface area contributed by atoms with Gasteiger partial charge in [-0.3, -0.25) is 14.4 Å². The molecule has 1 atom stereocenters. The Balaban J connectivity index is 1.91. The van der Waals surface area contributed by atoms with Crippen LogP contribution in [0.1, 0.15) is 29.8 Å². The third-order valence-electron chi connectivity index (χ3n) is 4.33. The number of benzene rings is 1. The fraction of sp³-hybridized carbons (Fsp3) is 0.389. The molecule has 1 fully saturated rings. The van der Waals surface area contributed by atoms with Gasteiger partial charge in [-0.15, -0.1) is 0 Å². The molecule has 1 aliphatic rings.